The third kappa shape index (κ3) is 5.83. The molecule has 3 aromatic rings. The Kier molecular flexibility index (Phi) is 6.87. The van der Waals surface area contributed by atoms with Crippen LogP contribution in [0.3, 0.4) is 0 Å². The van der Waals surface area contributed by atoms with E-state index < -0.39 is 18.5 Å². The van der Waals surface area contributed by atoms with Gasteiger partial charge in [-0.3, -0.25) is 4.79 Å². The van der Waals surface area contributed by atoms with Crippen LogP contribution in [0.4, 0.5) is 5.69 Å². The van der Waals surface area contributed by atoms with Crippen LogP contribution in [0.15, 0.2) is 72.8 Å². The number of ether oxygens (including phenoxy) is 2. The van der Waals surface area contributed by atoms with Crippen molar-refractivity contribution in [1.82, 2.24) is 0 Å². The largest absolute Gasteiger partial charge is 0.488 e. The van der Waals surface area contributed by atoms with E-state index in [1.165, 1.54) is 0 Å². The molecule has 0 aromatic heterocycles. The summed E-state index contributed by atoms with van der Waals surface area (Å²) in [6.45, 7) is 1.78. The summed E-state index contributed by atoms with van der Waals surface area (Å²) in [6.07, 6.45) is 0. The lowest BCUT2D eigenvalue weighted by molar-refractivity contribution is -0.119. The number of halogens is 1. The normalized spacial score (nSPS) is 10.3. The molecule has 1 N–H and O–H groups in total. The van der Waals surface area contributed by atoms with Crippen molar-refractivity contribution < 1.29 is 19.1 Å². The van der Waals surface area contributed by atoms with E-state index in [-0.39, 0.29) is 5.56 Å². The maximum atomic E-state index is 12.4. The highest BCUT2D eigenvalue weighted by Gasteiger charge is 2.16. The van der Waals surface area contributed by atoms with Crippen LogP contribution in [0.25, 0.3) is 0 Å². The second-order valence-electron chi connectivity index (χ2n) is 6.38. The number of anilines is 1. The average molecular weight is 410 g/mol. The number of para-hydroxylation sites is 1. The molecule has 0 fully saturated rings. The number of benzene rings is 3. The van der Waals surface area contributed by atoms with Crippen molar-refractivity contribution in [3.8, 4) is 5.75 Å². The SMILES string of the molecule is Cc1ccc(NC(=O)COC(=O)c2ccccc2OCc2ccccc2)c(Cl)c1. The molecule has 0 aliphatic carbocycles. The summed E-state index contributed by atoms with van der Waals surface area (Å²) in [6, 6.07) is 21.6. The van der Waals surface area contributed by atoms with Gasteiger partial charge in [-0.05, 0) is 42.3 Å². The molecule has 3 aromatic carbocycles. The fraction of sp³-hybridized carbons (Fsp3) is 0.130. The zero-order valence-corrected chi connectivity index (χ0v) is 16.6. The fourth-order valence-electron chi connectivity index (χ4n) is 2.61. The van der Waals surface area contributed by atoms with E-state index in [1.807, 2.05) is 43.3 Å². The van der Waals surface area contributed by atoms with E-state index in [0.717, 1.165) is 11.1 Å². The van der Waals surface area contributed by atoms with Gasteiger partial charge in [0.15, 0.2) is 6.61 Å². The van der Waals surface area contributed by atoms with Gasteiger partial charge in [0.05, 0.1) is 10.7 Å². The third-order valence-corrected chi connectivity index (χ3v) is 4.39. The molecular weight excluding hydrogens is 390 g/mol. The lowest BCUT2D eigenvalue weighted by atomic mass is 10.2. The van der Waals surface area contributed by atoms with Crippen molar-refractivity contribution in [1.29, 1.82) is 0 Å². The summed E-state index contributed by atoms with van der Waals surface area (Å²) >= 11 is 6.10. The Hall–Kier alpha value is -3.31. The first kappa shape index (κ1) is 20.4. The molecule has 148 valence electrons. The first-order valence-electron chi connectivity index (χ1n) is 9.02. The van der Waals surface area contributed by atoms with E-state index in [9.17, 15) is 9.59 Å². The molecule has 0 bridgehead atoms. The summed E-state index contributed by atoms with van der Waals surface area (Å²) in [5, 5.41) is 3.05. The van der Waals surface area contributed by atoms with Crippen LogP contribution >= 0.6 is 11.6 Å². The summed E-state index contributed by atoms with van der Waals surface area (Å²) in [5.41, 5.74) is 2.67. The molecule has 0 spiro atoms. The van der Waals surface area contributed by atoms with Crippen LogP contribution in [-0.2, 0) is 16.1 Å². The molecule has 0 radical (unpaired) electrons. The number of carbonyl (C=O) groups excluding carboxylic acids is 2. The second kappa shape index (κ2) is 9.75. The van der Waals surface area contributed by atoms with Crippen LogP contribution in [0, 0.1) is 6.92 Å². The number of rotatable bonds is 7. The Balaban J connectivity index is 1.58. The molecule has 0 heterocycles. The van der Waals surface area contributed by atoms with Crippen molar-refractivity contribution in [2.45, 2.75) is 13.5 Å². The van der Waals surface area contributed by atoms with Crippen LogP contribution in [0.2, 0.25) is 5.02 Å². The Morgan fingerprint density at radius 3 is 2.45 bits per heavy atom. The van der Waals surface area contributed by atoms with Crippen molar-refractivity contribution in [2.75, 3.05) is 11.9 Å². The van der Waals surface area contributed by atoms with Gasteiger partial charge in [-0.15, -0.1) is 0 Å². The number of hydrogen-bond acceptors (Lipinski definition) is 4. The maximum Gasteiger partial charge on any atom is 0.342 e. The van der Waals surface area contributed by atoms with Crippen molar-refractivity contribution >= 4 is 29.2 Å². The minimum atomic E-state index is -0.640. The van der Waals surface area contributed by atoms with E-state index in [1.54, 1.807) is 36.4 Å². The number of carbonyl (C=O) groups is 2. The van der Waals surface area contributed by atoms with Crippen molar-refractivity contribution in [3.05, 3.63) is 94.5 Å². The highest BCUT2D eigenvalue weighted by atomic mass is 35.5. The highest BCUT2D eigenvalue weighted by Crippen LogP contribution is 2.23. The highest BCUT2D eigenvalue weighted by molar-refractivity contribution is 6.33. The number of hydrogen-bond donors (Lipinski definition) is 1. The zero-order valence-electron chi connectivity index (χ0n) is 15.9. The van der Waals surface area contributed by atoms with Gasteiger partial charge >= 0.3 is 5.97 Å². The standard InChI is InChI=1S/C23H20ClNO4/c1-16-11-12-20(19(24)13-16)25-22(26)15-29-23(27)18-9-5-6-10-21(18)28-14-17-7-3-2-4-8-17/h2-13H,14-15H2,1H3,(H,25,26). The first-order valence-corrected chi connectivity index (χ1v) is 9.39. The fourth-order valence-corrected chi connectivity index (χ4v) is 2.90. The second-order valence-corrected chi connectivity index (χ2v) is 6.79. The van der Waals surface area contributed by atoms with Gasteiger partial charge in [0.1, 0.15) is 17.9 Å². The lowest BCUT2D eigenvalue weighted by Crippen LogP contribution is -2.21. The quantitative estimate of drug-likeness (QED) is 0.556. The van der Waals surface area contributed by atoms with E-state index in [2.05, 4.69) is 5.32 Å². The first-order chi connectivity index (χ1) is 14.0. The van der Waals surface area contributed by atoms with Crippen LogP contribution in [-0.4, -0.2) is 18.5 Å². The van der Waals surface area contributed by atoms with E-state index >= 15 is 0 Å². The summed E-state index contributed by atoms with van der Waals surface area (Å²) in [5.74, 6) is -0.728. The van der Waals surface area contributed by atoms with Crippen molar-refractivity contribution in [3.63, 3.8) is 0 Å². The smallest absolute Gasteiger partial charge is 0.342 e. The minimum Gasteiger partial charge on any atom is -0.488 e. The van der Waals surface area contributed by atoms with Gasteiger partial charge < -0.3 is 14.8 Å². The Morgan fingerprint density at radius 2 is 1.69 bits per heavy atom. The molecule has 3 rings (SSSR count). The predicted octanol–water partition coefficient (Wildman–Crippen LogP) is 5.02. The van der Waals surface area contributed by atoms with Gasteiger partial charge in [0.2, 0.25) is 0 Å². The van der Waals surface area contributed by atoms with Gasteiger partial charge in [0, 0.05) is 0 Å². The van der Waals surface area contributed by atoms with Gasteiger partial charge in [0.25, 0.3) is 5.91 Å². The van der Waals surface area contributed by atoms with Crippen molar-refractivity contribution in [2.24, 2.45) is 0 Å². The molecule has 0 saturated heterocycles. The van der Waals surface area contributed by atoms with Crippen LogP contribution in [0.1, 0.15) is 21.5 Å². The number of esters is 1. The van der Waals surface area contributed by atoms with E-state index in [0.29, 0.717) is 23.1 Å². The Morgan fingerprint density at radius 1 is 0.966 bits per heavy atom. The van der Waals surface area contributed by atoms with Crippen LogP contribution < -0.4 is 10.1 Å². The Labute approximate surface area is 174 Å². The van der Waals surface area contributed by atoms with Gasteiger partial charge in [-0.25, -0.2) is 4.79 Å². The molecule has 6 heteroatoms. The third-order valence-electron chi connectivity index (χ3n) is 4.08. The summed E-state index contributed by atoms with van der Waals surface area (Å²) in [4.78, 5) is 24.5. The Bertz CT molecular complexity index is 1000. The molecule has 1 amide bonds. The number of nitrogens with one attached hydrogen (secondary N) is 1. The maximum absolute atomic E-state index is 12.4. The molecule has 0 saturated carbocycles. The number of aryl methyl sites for hydroxylation is 1. The molecule has 0 aliphatic heterocycles. The zero-order chi connectivity index (χ0) is 20.6. The molecule has 0 aliphatic rings. The summed E-state index contributed by atoms with van der Waals surface area (Å²) in [7, 11) is 0. The lowest BCUT2D eigenvalue weighted by Gasteiger charge is -2.12. The molecular formula is C23H20ClNO4. The van der Waals surface area contributed by atoms with Gasteiger partial charge in [-0.2, -0.15) is 0 Å². The minimum absolute atomic E-state index is 0.254. The van der Waals surface area contributed by atoms with Gasteiger partial charge in [-0.1, -0.05) is 60.1 Å². The average Bonchev–Trinajstić information content (AvgIpc) is 2.73. The summed E-state index contributed by atoms with van der Waals surface area (Å²) < 4.78 is 10.9. The predicted molar refractivity (Wildman–Crippen MR) is 112 cm³/mol. The van der Waals surface area contributed by atoms with E-state index in [4.69, 9.17) is 21.1 Å². The number of amides is 1. The molecule has 5 nitrogen and oxygen atoms in total. The van der Waals surface area contributed by atoms with Crippen LogP contribution in [0.5, 0.6) is 5.75 Å². The molecule has 0 unspecified atom stereocenters. The monoisotopic (exact) mass is 409 g/mol. The molecule has 29 heavy (non-hydrogen) atoms. The topological polar surface area (TPSA) is 64.6 Å². The molecule has 0 atom stereocenters.